The molecule has 2 atom stereocenters. The van der Waals surface area contributed by atoms with Crippen molar-refractivity contribution in [3.63, 3.8) is 0 Å². The minimum Gasteiger partial charge on any atom is -0.316 e. The third-order valence-electron chi connectivity index (χ3n) is 3.98. The summed E-state index contributed by atoms with van der Waals surface area (Å²) < 4.78 is 51.1. The normalized spacial score (nSPS) is 22.6. The van der Waals surface area contributed by atoms with Gasteiger partial charge in [0, 0.05) is 0 Å². The third kappa shape index (κ3) is 3.32. The molecule has 1 fully saturated rings. The minimum absolute atomic E-state index is 0.177. The maximum atomic E-state index is 13.6. The average Bonchev–Trinajstić information content (AvgIpc) is 2.31. The molecule has 1 N–H and O–H groups in total. The maximum Gasteiger partial charge on any atom is 0.419 e. The molecule has 0 saturated heterocycles. The molecule has 0 bridgehead atoms. The number of hydrogen-bond donors (Lipinski definition) is 1. The molecule has 0 radical (unpaired) electrons. The van der Waals surface area contributed by atoms with Crippen LogP contribution >= 0.6 is 0 Å². The van der Waals surface area contributed by atoms with Crippen LogP contribution in [0.3, 0.4) is 0 Å². The van der Waals surface area contributed by atoms with Crippen molar-refractivity contribution in [1.29, 1.82) is 0 Å². The summed E-state index contributed by atoms with van der Waals surface area (Å²) >= 11 is 0. The molecular formula is C15H19F4N. The first-order valence-electron chi connectivity index (χ1n) is 7.00. The zero-order chi connectivity index (χ0) is 14.8. The Hall–Kier alpha value is -1.10. The average molecular weight is 289 g/mol. The van der Waals surface area contributed by atoms with Crippen molar-refractivity contribution in [2.75, 3.05) is 13.1 Å². The van der Waals surface area contributed by atoms with E-state index in [1.165, 1.54) is 6.07 Å². The number of halogens is 4. The van der Waals surface area contributed by atoms with Gasteiger partial charge in [0.05, 0.1) is 5.56 Å². The molecule has 5 heteroatoms. The lowest BCUT2D eigenvalue weighted by Crippen LogP contribution is -2.34. The molecule has 2 unspecified atom stereocenters. The van der Waals surface area contributed by atoms with E-state index in [1.807, 2.05) is 0 Å². The smallest absolute Gasteiger partial charge is 0.316 e. The lowest BCUT2D eigenvalue weighted by Gasteiger charge is -2.37. The third-order valence-corrected chi connectivity index (χ3v) is 3.98. The van der Waals surface area contributed by atoms with Crippen molar-refractivity contribution in [3.05, 3.63) is 35.1 Å². The molecule has 1 aliphatic rings. The van der Waals surface area contributed by atoms with Crippen LogP contribution in [0.4, 0.5) is 17.6 Å². The van der Waals surface area contributed by atoms with Gasteiger partial charge in [-0.05, 0) is 61.9 Å². The van der Waals surface area contributed by atoms with Gasteiger partial charge in [0.25, 0.3) is 0 Å². The molecule has 112 valence electrons. The summed E-state index contributed by atoms with van der Waals surface area (Å²) in [5.41, 5.74) is -0.494. The first-order chi connectivity index (χ1) is 9.43. The highest BCUT2D eigenvalue weighted by atomic mass is 19.4. The Labute approximate surface area is 116 Å². The predicted molar refractivity (Wildman–Crippen MR) is 70.0 cm³/mol. The van der Waals surface area contributed by atoms with Crippen LogP contribution in [0, 0.1) is 11.7 Å². The molecule has 1 aliphatic carbocycles. The van der Waals surface area contributed by atoms with Gasteiger partial charge in [-0.2, -0.15) is 13.2 Å². The largest absolute Gasteiger partial charge is 0.419 e. The number of rotatable bonds is 5. The second-order valence-electron chi connectivity index (χ2n) is 5.39. The molecule has 0 spiro atoms. The van der Waals surface area contributed by atoms with Crippen LogP contribution in [0.2, 0.25) is 0 Å². The van der Waals surface area contributed by atoms with Crippen LogP contribution in [0.1, 0.15) is 43.2 Å². The molecule has 1 aromatic rings. The lowest BCUT2D eigenvalue weighted by atomic mass is 9.70. The van der Waals surface area contributed by atoms with Crippen LogP contribution in [0.5, 0.6) is 0 Å². The topological polar surface area (TPSA) is 12.0 Å². The molecule has 0 amide bonds. The van der Waals surface area contributed by atoms with E-state index in [4.69, 9.17) is 0 Å². The van der Waals surface area contributed by atoms with Gasteiger partial charge in [0.15, 0.2) is 0 Å². The highest BCUT2D eigenvalue weighted by molar-refractivity contribution is 5.30. The standard InChI is InChI=1S/C15H19F4N/c1-2-7-20-9-11-3-5-12(11)10-4-6-13(14(16)8-10)15(17,18)19/h4,6,8,11-12,20H,2-3,5,7,9H2,1H3. The van der Waals surface area contributed by atoms with Crippen molar-refractivity contribution in [2.45, 2.75) is 38.3 Å². The SMILES string of the molecule is CCCNCC1CCC1c1ccc(C(F)(F)F)c(F)c1. The van der Waals surface area contributed by atoms with E-state index in [0.29, 0.717) is 11.5 Å². The summed E-state index contributed by atoms with van der Waals surface area (Å²) in [7, 11) is 0. The summed E-state index contributed by atoms with van der Waals surface area (Å²) in [6.07, 6.45) is -1.61. The zero-order valence-electron chi connectivity index (χ0n) is 11.4. The summed E-state index contributed by atoms with van der Waals surface area (Å²) in [4.78, 5) is 0. The predicted octanol–water partition coefficient (Wildman–Crippen LogP) is 4.34. The van der Waals surface area contributed by atoms with Gasteiger partial charge in [-0.1, -0.05) is 13.0 Å². The first kappa shape index (κ1) is 15.3. The molecule has 2 rings (SSSR count). The Balaban J connectivity index is 2.05. The molecule has 1 nitrogen and oxygen atoms in total. The Morgan fingerprint density at radius 3 is 2.50 bits per heavy atom. The molecule has 1 saturated carbocycles. The summed E-state index contributed by atoms with van der Waals surface area (Å²) in [6.45, 7) is 3.86. The maximum absolute atomic E-state index is 13.6. The van der Waals surface area contributed by atoms with Crippen molar-refractivity contribution in [2.24, 2.45) is 5.92 Å². The molecular weight excluding hydrogens is 270 g/mol. The van der Waals surface area contributed by atoms with Crippen LogP contribution < -0.4 is 5.32 Å². The molecule has 0 aromatic heterocycles. The van der Waals surface area contributed by atoms with Gasteiger partial charge in [-0.25, -0.2) is 4.39 Å². The van der Waals surface area contributed by atoms with Crippen LogP contribution in [-0.4, -0.2) is 13.1 Å². The Bertz CT molecular complexity index is 456. The van der Waals surface area contributed by atoms with Crippen molar-refractivity contribution in [1.82, 2.24) is 5.32 Å². The van der Waals surface area contributed by atoms with Crippen molar-refractivity contribution in [3.8, 4) is 0 Å². The fraction of sp³-hybridized carbons (Fsp3) is 0.600. The van der Waals surface area contributed by atoms with Gasteiger partial charge in [0.2, 0.25) is 0 Å². The van der Waals surface area contributed by atoms with E-state index in [1.54, 1.807) is 0 Å². The van der Waals surface area contributed by atoms with E-state index in [2.05, 4.69) is 12.2 Å². The van der Waals surface area contributed by atoms with Crippen molar-refractivity contribution < 1.29 is 17.6 Å². The molecule has 0 aliphatic heterocycles. The monoisotopic (exact) mass is 289 g/mol. The zero-order valence-corrected chi connectivity index (χ0v) is 11.4. The summed E-state index contributed by atoms with van der Waals surface area (Å²) in [5, 5.41) is 3.31. The van der Waals surface area contributed by atoms with Gasteiger partial charge >= 0.3 is 6.18 Å². The van der Waals surface area contributed by atoms with Crippen LogP contribution in [-0.2, 0) is 6.18 Å². The van der Waals surface area contributed by atoms with Crippen LogP contribution in [0.25, 0.3) is 0 Å². The van der Waals surface area contributed by atoms with Gasteiger partial charge < -0.3 is 5.32 Å². The fourth-order valence-corrected chi connectivity index (χ4v) is 2.71. The summed E-state index contributed by atoms with van der Waals surface area (Å²) in [6, 6.07) is 3.33. The van der Waals surface area contributed by atoms with E-state index in [0.717, 1.165) is 44.5 Å². The first-order valence-corrected chi connectivity index (χ1v) is 7.00. The van der Waals surface area contributed by atoms with Gasteiger partial charge in [0.1, 0.15) is 5.82 Å². The molecule has 20 heavy (non-hydrogen) atoms. The van der Waals surface area contributed by atoms with Crippen LogP contribution in [0.15, 0.2) is 18.2 Å². The Morgan fingerprint density at radius 2 is 2.00 bits per heavy atom. The van der Waals surface area contributed by atoms with E-state index >= 15 is 0 Å². The number of alkyl halides is 3. The Kier molecular flexibility index (Phi) is 4.68. The molecule has 0 heterocycles. The highest BCUT2D eigenvalue weighted by Crippen LogP contribution is 2.43. The lowest BCUT2D eigenvalue weighted by molar-refractivity contribution is -0.140. The van der Waals surface area contributed by atoms with Crippen molar-refractivity contribution >= 4 is 0 Å². The van der Waals surface area contributed by atoms with E-state index < -0.39 is 17.6 Å². The highest BCUT2D eigenvalue weighted by Gasteiger charge is 2.36. The van der Waals surface area contributed by atoms with Gasteiger partial charge in [-0.15, -0.1) is 0 Å². The Morgan fingerprint density at radius 1 is 1.25 bits per heavy atom. The van der Waals surface area contributed by atoms with Gasteiger partial charge in [-0.3, -0.25) is 0 Å². The quantitative estimate of drug-likeness (QED) is 0.628. The molecule has 1 aromatic carbocycles. The number of benzene rings is 1. The fourth-order valence-electron chi connectivity index (χ4n) is 2.71. The second kappa shape index (κ2) is 6.12. The van der Waals surface area contributed by atoms with E-state index in [9.17, 15) is 17.6 Å². The summed E-state index contributed by atoms with van der Waals surface area (Å²) in [5.74, 6) is -0.587. The number of nitrogens with one attached hydrogen (secondary N) is 1. The van der Waals surface area contributed by atoms with E-state index in [-0.39, 0.29) is 5.92 Å². The minimum atomic E-state index is -4.62. The second-order valence-corrected chi connectivity index (χ2v) is 5.39. The number of hydrogen-bond acceptors (Lipinski definition) is 1.